The Bertz CT molecular complexity index is 892. The number of alkyl halides is 3. The number of nitrogens with zero attached hydrogens (tertiary/aromatic N) is 2. The lowest BCUT2D eigenvalue weighted by Gasteiger charge is -2.12. The molecule has 0 saturated heterocycles. The second kappa shape index (κ2) is 7.38. The largest absolute Gasteiger partial charge is 0.418 e. The lowest BCUT2D eigenvalue weighted by atomic mass is 10.1. The molecule has 0 saturated carbocycles. The van der Waals surface area contributed by atoms with E-state index in [0.29, 0.717) is 12.8 Å². The Morgan fingerprint density at radius 3 is 2.38 bits per heavy atom. The smallest absolute Gasteiger partial charge is 0.417 e. The molecule has 0 aliphatic carbocycles. The minimum atomic E-state index is -4.58. The molecular weight excluding hydrogens is 347 g/mol. The number of amides is 1. The van der Waals surface area contributed by atoms with Crippen LogP contribution in [0, 0.1) is 0 Å². The third kappa shape index (κ3) is 4.27. The van der Waals surface area contributed by atoms with E-state index in [2.05, 4.69) is 15.5 Å². The maximum atomic E-state index is 13.0. The third-order valence-corrected chi connectivity index (χ3v) is 3.61. The van der Waals surface area contributed by atoms with Crippen LogP contribution in [0.2, 0.25) is 0 Å². The molecule has 2 aromatic carbocycles. The minimum absolute atomic E-state index is 0.239. The number of rotatable bonds is 5. The summed E-state index contributed by atoms with van der Waals surface area (Å²) in [5, 5.41) is 9.54. The molecule has 0 radical (unpaired) electrons. The number of aromatic nitrogens is 2. The van der Waals surface area contributed by atoms with Crippen LogP contribution >= 0.6 is 0 Å². The van der Waals surface area contributed by atoms with Crippen molar-refractivity contribution in [3.8, 4) is 0 Å². The van der Waals surface area contributed by atoms with Crippen molar-refractivity contribution in [3.05, 3.63) is 77.5 Å². The number of carbonyl (C=O) groups excluding carboxylic acids is 1. The Morgan fingerprint density at radius 2 is 1.65 bits per heavy atom. The lowest BCUT2D eigenvalue weighted by molar-refractivity contribution is -0.136. The van der Waals surface area contributed by atoms with Gasteiger partial charge in [-0.05, 0) is 24.1 Å². The van der Waals surface area contributed by atoms with Crippen molar-refractivity contribution >= 4 is 11.6 Å². The first-order valence-corrected chi connectivity index (χ1v) is 7.77. The maximum Gasteiger partial charge on any atom is 0.418 e. The number of hydrogen-bond donors (Lipinski definition) is 1. The molecule has 3 aromatic rings. The van der Waals surface area contributed by atoms with Gasteiger partial charge in [0.1, 0.15) is 0 Å². The fraction of sp³-hybridized carbons (Fsp3) is 0.167. The van der Waals surface area contributed by atoms with Gasteiger partial charge in [-0.2, -0.15) is 13.2 Å². The van der Waals surface area contributed by atoms with E-state index < -0.39 is 17.6 Å². The van der Waals surface area contributed by atoms with Crippen LogP contribution in [0.15, 0.2) is 59.0 Å². The molecule has 0 spiro atoms. The molecule has 0 unspecified atom stereocenters. The Hall–Kier alpha value is -3.16. The molecule has 8 heteroatoms. The van der Waals surface area contributed by atoms with E-state index in [1.165, 1.54) is 12.1 Å². The molecule has 26 heavy (non-hydrogen) atoms. The summed E-state index contributed by atoms with van der Waals surface area (Å²) in [6, 6.07) is 14.3. The molecule has 0 aliphatic rings. The summed E-state index contributed by atoms with van der Waals surface area (Å²) >= 11 is 0. The predicted octanol–water partition coefficient (Wildman–Crippen LogP) is 4.13. The van der Waals surface area contributed by atoms with Crippen LogP contribution in [0.3, 0.4) is 0 Å². The topological polar surface area (TPSA) is 68.0 Å². The normalized spacial score (nSPS) is 11.3. The Labute approximate surface area is 146 Å². The highest BCUT2D eigenvalue weighted by atomic mass is 19.4. The van der Waals surface area contributed by atoms with Crippen LogP contribution in [0.25, 0.3) is 0 Å². The van der Waals surface area contributed by atoms with Crippen LogP contribution in [-0.4, -0.2) is 16.1 Å². The van der Waals surface area contributed by atoms with Crippen molar-refractivity contribution in [1.29, 1.82) is 0 Å². The van der Waals surface area contributed by atoms with Crippen molar-refractivity contribution in [3.63, 3.8) is 0 Å². The summed E-state index contributed by atoms with van der Waals surface area (Å²) in [7, 11) is 0. The second-order valence-electron chi connectivity index (χ2n) is 5.48. The van der Waals surface area contributed by atoms with Crippen molar-refractivity contribution in [1.82, 2.24) is 10.2 Å². The molecule has 1 amide bonds. The number of halogens is 3. The maximum absolute atomic E-state index is 13.0. The molecule has 1 aromatic heterocycles. The minimum Gasteiger partial charge on any atom is -0.417 e. The fourth-order valence-electron chi connectivity index (χ4n) is 2.36. The van der Waals surface area contributed by atoms with Gasteiger partial charge in [-0.15, -0.1) is 10.2 Å². The van der Waals surface area contributed by atoms with E-state index in [0.717, 1.165) is 17.7 Å². The number of carbonyl (C=O) groups is 1. The van der Waals surface area contributed by atoms with Gasteiger partial charge < -0.3 is 9.73 Å². The zero-order chi connectivity index (χ0) is 18.6. The molecule has 3 rings (SSSR count). The molecule has 1 N–H and O–H groups in total. The average Bonchev–Trinajstić information content (AvgIpc) is 3.10. The number of hydrogen-bond acceptors (Lipinski definition) is 4. The zero-order valence-electron chi connectivity index (χ0n) is 13.5. The summed E-state index contributed by atoms with van der Waals surface area (Å²) in [6.45, 7) is 0. The third-order valence-electron chi connectivity index (χ3n) is 3.61. The predicted molar refractivity (Wildman–Crippen MR) is 87.5 cm³/mol. The van der Waals surface area contributed by atoms with Gasteiger partial charge in [0.2, 0.25) is 5.89 Å². The van der Waals surface area contributed by atoms with Crippen molar-refractivity contribution in [2.24, 2.45) is 0 Å². The van der Waals surface area contributed by atoms with Gasteiger partial charge in [0.25, 0.3) is 0 Å². The van der Waals surface area contributed by atoms with Gasteiger partial charge in [-0.25, -0.2) is 0 Å². The van der Waals surface area contributed by atoms with Gasteiger partial charge in [0, 0.05) is 6.42 Å². The first-order valence-electron chi connectivity index (χ1n) is 7.77. The highest BCUT2D eigenvalue weighted by Crippen LogP contribution is 2.34. The van der Waals surface area contributed by atoms with E-state index >= 15 is 0 Å². The van der Waals surface area contributed by atoms with Crippen LogP contribution < -0.4 is 5.32 Å². The quantitative estimate of drug-likeness (QED) is 0.742. The number of benzene rings is 2. The fourth-order valence-corrected chi connectivity index (χ4v) is 2.36. The average molecular weight is 361 g/mol. The van der Waals surface area contributed by atoms with E-state index in [-0.39, 0.29) is 17.5 Å². The summed E-state index contributed by atoms with van der Waals surface area (Å²) in [6.07, 6.45) is -3.52. The molecule has 5 nitrogen and oxygen atoms in total. The molecule has 0 aliphatic heterocycles. The first kappa shape index (κ1) is 17.7. The molecule has 0 bridgehead atoms. The number of anilines is 1. The molecule has 0 fully saturated rings. The van der Waals surface area contributed by atoms with E-state index in [4.69, 9.17) is 4.42 Å². The Morgan fingerprint density at radius 1 is 0.962 bits per heavy atom. The highest BCUT2D eigenvalue weighted by Gasteiger charge is 2.34. The van der Waals surface area contributed by atoms with Crippen molar-refractivity contribution < 1.29 is 22.4 Å². The molecular formula is C18H14F3N3O2. The summed E-state index contributed by atoms with van der Waals surface area (Å²) in [5.41, 5.74) is -0.248. The van der Waals surface area contributed by atoms with E-state index in [1.807, 2.05) is 30.3 Å². The monoisotopic (exact) mass is 361 g/mol. The van der Waals surface area contributed by atoms with Gasteiger partial charge in [0.15, 0.2) is 0 Å². The Kier molecular flexibility index (Phi) is 5.01. The zero-order valence-corrected chi connectivity index (χ0v) is 13.5. The summed E-state index contributed by atoms with van der Waals surface area (Å²) in [4.78, 5) is 12.1. The SMILES string of the molecule is O=C(Nc1ccccc1C(F)(F)F)c1nnc(CCc2ccccc2)o1. The standard InChI is InChI=1S/C18H14F3N3O2/c19-18(20,21)13-8-4-5-9-14(13)22-16(25)17-24-23-15(26-17)11-10-12-6-2-1-3-7-12/h1-9H,10-11H2,(H,22,25). The molecule has 0 atom stereocenters. The summed E-state index contributed by atoms with van der Waals surface area (Å²) in [5.74, 6) is -1.03. The van der Waals surface area contributed by atoms with Gasteiger partial charge in [-0.1, -0.05) is 42.5 Å². The van der Waals surface area contributed by atoms with Crippen LogP contribution in [0.1, 0.15) is 27.7 Å². The Balaban J connectivity index is 1.67. The van der Waals surface area contributed by atoms with E-state index in [9.17, 15) is 18.0 Å². The molecule has 1 heterocycles. The molecule has 134 valence electrons. The second-order valence-corrected chi connectivity index (χ2v) is 5.48. The number of para-hydroxylation sites is 1. The first-order chi connectivity index (χ1) is 12.4. The van der Waals surface area contributed by atoms with Gasteiger partial charge in [0.05, 0.1) is 11.3 Å². The van der Waals surface area contributed by atoms with Crippen LogP contribution in [0.5, 0.6) is 0 Å². The van der Waals surface area contributed by atoms with Crippen molar-refractivity contribution in [2.75, 3.05) is 5.32 Å². The van der Waals surface area contributed by atoms with Crippen molar-refractivity contribution in [2.45, 2.75) is 19.0 Å². The number of aryl methyl sites for hydroxylation is 2. The lowest BCUT2D eigenvalue weighted by Crippen LogP contribution is -2.16. The van der Waals surface area contributed by atoms with Gasteiger partial charge in [-0.3, -0.25) is 4.79 Å². The van der Waals surface area contributed by atoms with E-state index in [1.54, 1.807) is 0 Å². The summed E-state index contributed by atoms with van der Waals surface area (Å²) < 4.78 is 44.1. The van der Waals surface area contributed by atoms with Crippen LogP contribution in [-0.2, 0) is 19.0 Å². The van der Waals surface area contributed by atoms with Gasteiger partial charge >= 0.3 is 18.0 Å². The van der Waals surface area contributed by atoms with Crippen LogP contribution in [0.4, 0.5) is 18.9 Å². The highest BCUT2D eigenvalue weighted by molar-refractivity contribution is 6.01. The number of nitrogens with one attached hydrogen (secondary N) is 1.